The van der Waals surface area contributed by atoms with Gasteiger partial charge in [0.15, 0.2) is 6.10 Å². The second-order valence-electron chi connectivity index (χ2n) is 6.90. The molecule has 164 valence electrons. The van der Waals surface area contributed by atoms with Crippen LogP contribution in [0.1, 0.15) is 33.6 Å². The summed E-state index contributed by atoms with van der Waals surface area (Å²) >= 11 is 0. The van der Waals surface area contributed by atoms with Gasteiger partial charge in [-0.1, -0.05) is 50.6 Å². The van der Waals surface area contributed by atoms with E-state index in [4.69, 9.17) is 30.4 Å². The van der Waals surface area contributed by atoms with Crippen molar-refractivity contribution in [1.82, 2.24) is 0 Å². The van der Waals surface area contributed by atoms with Gasteiger partial charge < -0.3 is 30.4 Å². The van der Waals surface area contributed by atoms with E-state index in [1.54, 1.807) is 19.1 Å². The number of carbonyl (C=O) groups is 2. The van der Waals surface area contributed by atoms with Crippen LogP contribution in [0.3, 0.4) is 0 Å². The molecule has 29 heavy (non-hydrogen) atoms. The Morgan fingerprint density at radius 3 is 2.45 bits per heavy atom. The van der Waals surface area contributed by atoms with Crippen molar-refractivity contribution >= 4 is 11.9 Å². The van der Waals surface area contributed by atoms with Gasteiger partial charge in [0.2, 0.25) is 0 Å². The van der Waals surface area contributed by atoms with E-state index in [1.165, 1.54) is 7.11 Å². The Bertz CT molecular complexity index is 631. The molecule has 8 heteroatoms. The van der Waals surface area contributed by atoms with E-state index in [1.807, 2.05) is 19.1 Å². The van der Waals surface area contributed by atoms with Crippen molar-refractivity contribution in [3.63, 3.8) is 0 Å². The lowest BCUT2D eigenvalue weighted by Crippen LogP contribution is -2.63. The fourth-order valence-electron chi connectivity index (χ4n) is 3.08. The highest BCUT2D eigenvalue weighted by Crippen LogP contribution is 2.39. The van der Waals surface area contributed by atoms with E-state index in [0.29, 0.717) is 5.57 Å². The molecule has 1 aliphatic rings. The number of nitrogens with two attached hydrogens (primary N) is 2. The molecule has 0 spiro atoms. The summed E-state index contributed by atoms with van der Waals surface area (Å²) in [6.45, 7) is 5.29. The van der Waals surface area contributed by atoms with Gasteiger partial charge in [-0.2, -0.15) is 0 Å². The smallest absolute Gasteiger partial charge is 0.322 e. The molecule has 0 aromatic rings. The minimum Gasteiger partial charge on any atom is -0.451 e. The highest BCUT2D eigenvalue weighted by molar-refractivity contribution is 5.73. The van der Waals surface area contributed by atoms with Crippen LogP contribution in [0.2, 0.25) is 0 Å². The molecule has 0 saturated carbocycles. The first kappa shape index (κ1) is 25.0. The molecule has 1 heterocycles. The van der Waals surface area contributed by atoms with E-state index in [0.717, 1.165) is 12.8 Å². The van der Waals surface area contributed by atoms with Crippen molar-refractivity contribution in [2.75, 3.05) is 26.8 Å². The normalized spacial score (nSPS) is 28.1. The Kier molecular flexibility index (Phi) is 10.8. The van der Waals surface area contributed by atoms with Crippen LogP contribution >= 0.6 is 0 Å². The highest BCUT2D eigenvalue weighted by atomic mass is 16.7. The van der Waals surface area contributed by atoms with E-state index in [2.05, 4.69) is 13.0 Å². The highest BCUT2D eigenvalue weighted by Gasteiger charge is 2.56. The summed E-state index contributed by atoms with van der Waals surface area (Å²) in [6, 6.07) is 0. The maximum absolute atomic E-state index is 12.1. The molecule has 1 fully saturated rings. The number of allylic oxidation sites excluding steroid dienone is 5. The minimum absolute atomic E-state index is 0.111. The lowest BCUT2D eigenvalue weighted by atomic mass is 9.86. The quantitative estimate of drug-likeness (QED) is 0.411. The average molecular weight is 411 g/mol. The van der Waals surface area contributed by atoms with Crippen LogP contribution in [0.25, 0.3) is 0 Å². The second kappa shape index (κ2) is 12.5. The van der Waals surface area contributed by atoms with Crippen molar-refractivity contribution in [2.45, 2.75) is 51.6 Å². The minimum atomic E-state index is -1.66. The first-order valence-corrected chi connectivity index (χ1v) is 9.84. The molecule has 8 nitrogen and oxygen atoms in total. The largest absolute Gasteiger partial charge is 0.451 e. The number of hydrogen-bond acceptors (Lipinski definition) is 8. The third kappa shape index (κ3) is 6.78. The summed E-state index contributed by atoms with van der Waals surface area (Å²) in [5.41, 5.74) is 11.4. The zero-order valence-electron chi connectivity index (χ0n) is 17.8. The predicted molar refractivity (Wildman–Crippen MR) is 110 cm³/mol. The molecule has 4 atom stereocenters. The molecule has 1 saturated heterocycles. The van der Waals surface area contributed by atoms with Crippen molar-refractivity contribution in [2.24, 2.45) is 17.4 Å². The zero-order valence-corrected chi connectivity index (χ0v) is 17.8. The van der Waals surface area contributed by atoms with Crippen LogP contribution in [0.5, 0.6) is 0 Å². The van der Waals surface area contributed by atoms with Crippen molar-refractivity contribution < 1.29 is 28.5 Å². The number of esters is 2. The lowest BCUT2D eigenvalue weighted by Gasteiger charge is -2.47. The summed E-state index contributed by atoms with van der Waals surface area (Å²) in [7, 11) is 1.50. The summed E-state index contributed by atoms with van der Waals surface area (Å²) in [5.74, 6) is -3.12. The van der Waals surface area contributed by atoms with Gasteiger partial charge in [-0.3, -0.25) is 9.59 Å². The number of hydrogen-bond donors (Lipinski definition) is 2. The molecule has 1 rings (SSSR count). The summed E-state index contributed by atoms with van der Waals surface area (Å²) in [5, 5.41) is 0. The predicted octanol–water partition coefficient (Wildman–Crippen LogP) is 1.60. The second-order valence-corrected chi connectivity index (χ2v) is 6.90. The van der Waals surface area contributed by atoms with Gasteiger partial charge in [0, 0.05) is 18.6 Å². The van der Waals surface area contributed by atoms with Crippen LogP contribution in [0.4, 0.5) is 0 Å². The molecule has 0 radical (unpaired) electrons. The summed E-state index contributed by atoms with van der Waals surface area (Å²) in [6.07, 6.45) is 9.82. The monoisotopic (exact) mass is 410 g/mol. The molecule has 0 bridgehead atoms. The molecular formula is C21H34N2O6. The molecule has 0 aliphatic carbocycles. The third-order valence-electron chi connectivity index (χ3n) is 4.63. The summed E-state index contributed by atoms with van der Waals surface area (Å²) in [4.78, 5) is 24.1. The topological polar surface area (TPSA) is 123 Å². The van der Waals surface area contributed by atoms with Crippen LogP contribution in [-0.2, 0) is 28.5 Å². The number of carbonyl (C=O) groups excluding carboxylic acids is 2. The van der Waals surface area contributed by atoms with E-state index < -0.39 is 29.9 Å². The van der Waals surface area contributed by atoms with Crippen LogP contribution in [0.15, 0.2) is 36.0 Å². The molecule has 1 aliphatic heterocycles. The van der Waals surface area contributed by atoms with E-state index in [-0.39, 0.29) is 25.6 Å². The Morgan fingerprint density at radius 1 is 1.17 bits per heavy atom. The van der Waals surface area contributed by atoms with Gasteiger partial charge in [-0.15, -0.1) is 0 Å². The molecule has 0 aromatic heterocycles. The van der Waals surface area contributed by atoms with Crippen LogP contribution in [-0.4, -0.2) is 56.7 Å². The number of ether oxygens (including phenoxy) is 4. The number of unbranched alkanes of at least 4 members (excludes halogenated alkanes) is 1. The first-order valence-electron chi connectivity index (χ1n) is 9.84. The van der Waals surface area contributed by atoms with Gasteiger partial charge in [0.1, 0.15) is 6.10 Å². The van der Waals surface area contributed by atoms with Gasteiger partial charge in [0.05, 0.1) is 19.7 Å². The van der Waals surface area contributed by atoms with Crippen LogP contribution < -0.4 is 11.5 Å². The van der Waals surface area contributed by atoms with E-state index in [9.17, 15) is 9.59 Å². The molecule has 4 unspecified atom stereocenters. The maximum atomic E-state index is 12.1. The molecular weight excluding hydrogens is 376 g/mol. The molecule has 0 amide bonds. The van der Waals surface area contributed by atoms with Gasteiger partial charge in [-0.25, -0.2) is 0 Å². The fraction of sp³-hybridized carbons (Fsp3) is 0.619. The van der Waals surface area contributed by atoms with Crippen LogP contribution in [0, 0.1) is 5.92 Å². The van der Waals surface area contributed by atoms with Crippen molar-refractivity contribution in [3.8, 4) is 0 Å². The Hall–Kier alpha value is -2.00. The van der Waals surface area contributed by atoms with Gasteiger partial charge >= 0.3 is 11.9 Å². The lowest BCUT2D eigenvalue weighted by molar-refractivity contribution is -0.305. The van der Waals surface area contributed by atoms with Crippen molar-refractivity contribution in [1.29, 1.82) is 0 Å². The fourth-order valence-corrected chi connectivity index (χ4v) is 3.08. The first-order chi connectivity index (χ1) is 13.9. The summed E-state index contributed by atoms with van der Waals surface area (Å²) < 4.78 is 22.7. The van der Waals surface area contributed by atoms with Crippen molar-refractivity contribution in [3.05, 3.63) is 36.0 Å². The van der Waals surface area contributed by atoms with Gasteiger partial charge in [0.25, 0.3) is 5.79 Å². The third-order valence-corrected chi connectivity index (χ3v) is 4.63. The Morgan fingerprint density at radius 2 is 1.86 bits per heavy atom. The maximum Gasteiger partial charge on any atom is 0.322 e. The SMILES string of the molecule is CCCC=CC=CC=C(C)C1(OC(=O)CN)OCC(C)C(OC)C1OC(=O)CN. The number of rotatable bonds is 10. The number of methoxy groups -OCH3 is 1. The molecule has 4 N–H and O–H groups in total. The standard InChI is InChI=1S/C21H34N2O6/c1-5-6-7-8-9-10-11-16(3)21(29-18(25)13-23)20(28-17(24)12-22)19(26-4)15(2)14-27-21/h7-11,15,19-20H,5-6,12-14,22-23H2,1-4H3. The average Bonchev–Trinajstić information content (AvgIpc) is 2.72. The molecule has 0 aromatic carbocycles. The van der Waals surface area contributed by atoms with E-state index >= 15 is 0 Å². The Balaban J connectivity index is 3.34. The zero-order chi connectivity index (χ0) is 21.9. The Labute approximate surface area is 172 Å². The van der Waals surface area contributed by atoms with Gasteiger partial charge in [-0.05, 0) is 13.3 Å².